The van der Waals surface area contributed by atoms with Crippen LogP contribution in [0.4, 0.5) is 0 Å². The fourth-order valence-corrected chi connectivity index (χ4v) is 2.60. The average Bonchev–Trinajstić information content (AvgIpc) is 2.92. The lowest BCUT2D eigenvalue weighted by molar-refractivity contribution is 0.0389. The van der Waals surface area contributed by atoms with Crippen LogP contribution in [0.2, 0.25) is 0 Å². The van der Waals surface area contributed by atoms with Gasteiger partial charge in [-0.15, -0.1) is 0 Å². The predicted octanol–water partition coefficient (Wildman–Crippen LogP) is 1.67. The number of furan rings is 1. The molecule has 5 nitrogen and oxygen atoms in total. The van der Waals surface area contributed by atoms with Gasteiger partial charge in [0.05, 0.1) is 11.1 Å². The zero-order valence-corrected chi connectivity index (χ0v) is 11.2. The number of nitrogens with two attached hydrogens (primary N) is 1. The van der Waals surface area contributed by atoms with Crippen LogP contribution in [0, 0.1) is 0 Å². The molecule has 106 valence electrons. The van der Waals surface area contributed by atoms with Gasteiger partial charge < -0.3 is 20.2 Å². The summed E-state index contributed by atoms with van der Waals surface area (Å²) in [4.78, 5) is 12.5. The van der Waals surface area contributed by atoms with E-state index in [9.17, 15) is 4.79 Å². The molecule has 0 unspecified atom stereocenters. The van der Waals surface area contributed by atoms with Gasteiger partial charge in [0.25, 0.3) is 5.91 Å². The lowest BCUT2D eigenvalue weighted by atomic mass is 9.89. The standard InChI is InChI=1S/C15H18N2O3/c16-10-15(5-7-19-8-6-15)17-14(18)12-9-20-13-4-2-1-3-11(12)13/h1-4,9H,5-8,10,16H2,(H,17,18). The van der Waals surface area contributed by atoms with E-state index >= 15 is 0 Å². The Morgan fingerprint density at radius 2 is 2.05 bits per heavy atom. The van der Waals surface area contributed by atoms with Gasteiger partial charge in [0.15, 0.2) is 0 Å². The highest BCUT2D eigenvalue weighted by Crippen LogP contribution is 2.24. The topological polar surface area (TPSA) is 77.5 Å². The Kier molecular flexibility index (Phi) is 3.46. The van der Waals surface area contributed by atoms with Crippen LogP contribution in [-0.2, 0) is 4.74 Å². The van der Waals surface area contributed by atoms with Gasteiger partial charge in [0, 0.05) is 25.1 Å². The minimum Gasteiger partial charge on any atom is -0.463 e. The molecule has 2 heterocycles. The van der Waals surface area contributed by atoms with Crippen molar-refractivity contribution in [1.29, 1.82) is 0 Å². The number of rotatable bonds is 3. The molecule has 1 saturated heterocycles. The third-order valence-corrected chi connectivity index (χ3v) is 3.94. The third-order valence-electron chi connectivity index (χ3n) is 3.94. The smallest absolute Gasteiger partial charge is 0.255 e. The Morgan fingerprint density at radius 3 is 2.80 bits per heavy atom. The van der Waals surface area contributed by atoms with E-state index in [1.807, 2.05) is 24.3 Å². The van der Waals surface area contributed by atoms with Crippen LogP contribution in [0.5, 0.6) is 0 Å². The first-order chi connectivity index (χ1) is 9.74. The quantitative estimate of drug-likeness (QED) is 0.892. The number of nitrogens with one attached hydrogen (secondary N) is 1. The Hall–Kier alpha value is -1.85. The molecule has 0 bridgehead atoms. The Balaban J connectivity index is 1.85. The normalized spacial score (nSPS) is 18.1. The van der Waals surface area contributed by atoms with Gasteiger partial charge in [-0.2, -0.15) is 0 Å². The molecule has 2 aromatic rings. The molecule has 1 aliphatic rings. The summed E-state index contributed by atoms with van der Waals surface area (Å²) in [6.45, 7) is 1.67. The molecule has 1 aliphatic heterocycles. The van der Waals surface area contributed by atoms with E-state index in [0.717, 1.165) is 18.2 Å². The molecule has 0 aliphatic carbocycles. The van der Waals surface area contributed by atoms with Crippen LogP contribution in [0.15, 0.2) is 34.9 Å². The van der Waals surface area contributed by atoms with Gasteiger partial charge in [-0.1, -0.05) is 18.2 Å². The van der Waals surface area contributed by atoms with Crippen LogP contribution in [0.25, 0.3) is 11.0 Å². The molecule has 3 N–H and O–H groups in total. The number of ether oxygens (including phenoxy) is 1. The van der Waals surface area contributed by atoms with Gasteiger partial charge in [0.1, 0.15) is 11.8 Å². The highest BCUT2D eigenvalue weighted by Gasteiger charge is 2.33. The molecule has 5 heteroatoms. The number of hydrogen-bond donors (Lipinski definition) is 2. The minimum atomic E-state index is -0.367. The fourth-order valence-electron chi connectivity index (χ4n) is 2.60. The molecule has 0 spiro atoms. The van der Waals surface area contributed by atoms with Crippen LogP contribution >= 0.6 is 0 Å². The predicted molar refractivity (Wildman–Crippen MR) is 75.5 cm³/mol. The van der Waals surface area contributed by atoms with Crippen molar-refractivity contribution in [1.82, 2.24) is 5.32 Å². The molecule has 0 saturated carbocycles. The van der Waals surface area contributed by atoms with E-state index in [-0.39, 0.29) is 11.4 Å². The second kappa shape index (κ2) is 5.26. The molecule has 3 rings (SSSR count). The molecule has 1 aromatic carbocycles. The maximum atomic E-state index is 12.5. The Morgan fingerprint density at radius 1 is 1.30 bits per heavy atom. The second-order valence-electron chi connectivity index (χ2n) is 5.20. The van der Waals surface area contributed by atoms with Gasteiger partial charge in [-0.05, 0) is 18.9 Å². The number of carbonyl (C=O) groups excluding carboxylic acids is 1. The third kappa shape index (κ3) is 2.30. The van der Waals surface area contributed by atoms with Crippen LogP contribution in [0.1, 0.15) is 23.2 Å². The van der Waals surface area contributed by atoms with Crippen LogP contribution < -0.4 is 11.1 Å². The second-order valence-corrected chi connectivity index (χ2v) is 5.20. The highest BCUT2D eigenvalue weighted by atomic mass is 16.5. The van der Waals surface area contributed by atoms with Crippen molar-refractivity contribution < 1.29 is 13.9 Å². The number of benzene rings is 1. The maximum Gasteiger partial charge on any atom is 0.255 e. The molecule has 1 amide bonds. The molecule has 20 heavy (non-hydrogen) atoms. The summed E-state index contributed by atoms with van der Waals surface area (Å²) >= 11 is 0. The SMILES string of the molecule is NCC1(NC(=O)c2coc3ccccc23)CCOCC1. The van der Waals surface area contributed by atoms with Gasteiger partial charge in [-0.25, -0.2) is 0 Å². The number of fused-ring (bicyclic) bond motifs is 1. The molecule has 0 radical (unpaired) electrons. The average molecular weight is 274 g/mol. The summed E-state index contributed by atoms with van der Waals surface area (Å²) in [5.74, 6) is -0.137. The summed E-state index contributed by atoms with van der Waals surface area (Å²) in [6.07, 6.45) is 2.99. The van der Waals surface area contributed by atoms with Crippen molar-refractivity contribution in [2.75, 3.05) is 19.8 Å². The summed E-state index contributed by atoms with van der Waals surface area (Å²) in [5, 5.41) is 3.90. The lowest BCUT2D eigenvalue weighted by Gasteiger charge is -2.36. The first kappa shape index (κ1) is 13.1. The molecular formula is C15H18N2O3. The van der Waals surface area contributed by atoms with Crippen molar-refractivity contribution in [2.45, 2.75) is 18.4 Å². The summed E-state index contributed by atoms with van der Waals surface area (Å²) in [7, 11) is 0. The first-order valence-corrected chi connectivity index (χ1v) is 6.81. The van der Waals surface area contributed by atoms with E-state index in [1.54, 1.807) is 0 Å². The van der Waals surface area contributed by atoms with Crippen LogP contribution in [-0.4, -0.2) is 31.2 Å². The van der Waals surface area contributed by atoms with E-state index in [4.69, 9.17) is 14.9 Å². The fraction of sp³-hybridized carbons (Fsp3) is 0.400. The molecule has 0 atom stereocenters. The minimum absolute atomic E-state index is 0.137. The molecule has 1 aromatic heterocycles. The number of amides is 1. The Labute approximate surface area is 117 Å². The highest BCUT2D eigenvalue weighted by molar-refractivity contribution is 6.06. The van der Waals surface area contributed by atoms with E-state index in [0.29, 0.717) is 30.9 Å². The van der Waals surface area contributed by atoms with Crippen molar-refractivity contribution in [3.8, 4) is 0 Å². The zero-order chi connectivity index (χ0) is 14.0. The summed E-state index contributed by atoms with van der Waals surface area (Å²) in [5.41, 5.74) is 6.76. The molecular weight excluding hydrogens is 256 g/mol. The van der Waals surface area contributed by atoms with Crippen molar-refractivity contribution in [3.05, 3.63) is 36.1 Å². The maximum absolute atomic E-state index is 12.5. The van der Waals surface area contributed by atoms with Crippen LogP contribution in [0.3, 0.4) is 0 Å². The largest absolute Gasteiger partial charge is 0.463 e. The molecule has 1 fully saturated rings. The van der Waals surface area contributed by atoms with Gasteiger partial charge in [0.2, 0.25) is 0 Å². The van der Waals surface area contributed by atoms with Crippen molar-refractivity contribution >= 4 is 16.9 Å². The number of hydrogen-bond acceptors (Lipinski definition) is 4. The zero-order valence-electron chi connectivity index (χ0n) is 11.2. The van der Waals surface area contributed by atoms with E-state index < -0.39 is 0 Å². The van der Waals surface area contributed by atoms with E-state index in [2.05, 4.69) is 5.32 Å². The Bertz CT molecular complexity index is 614. The van der Waals surface area contributed by atoms with Gasteiger partial charge >= 0.3 is 0 Å². The lowest BCUT2D eigenvalue weighted by Crippen LogP contribution is -2.56. The number of para-hydroxylation sites is 1. The number of carbonyl (C=O) groups is 1. The van der Waals surface area contributed by atoms with Crippen molar-refractivity contribution in [2.24, 2.45) is 5.73 Å². The van der Waals surface area contributed by atoms with Crippen molar-refractivity contribution in [3.63, 3.8) is 0 Å². The summed E-state index contributed by atoms with van der Waals surface area (Å²) in [6, 6.07) is 7.50. The van der Waals surface area contributed by atoms with Gasteiger partial charge in [-0.3, -0.25) is 4.79 Å². The monoisotopic (exact) mass is 274 g/mol. The first-order valence-electron chi connectivity index (χ1n) is 6.81. The van der Waals surface area contributed by atoms with E-state index in [1.165, 1.54) is 6.26 Å². The summed E-state index contributed by atoms with van der Waals surface area (Å²) < 4.78 is 10.8.